The number of amides is 1. The Morgan fingerprint density at radius 2 is 2.00 bits per heavy atom. The molecule has 0 bridgehead atoms. The van der Waals surface area contributed by atoms with Crippen molar-refractivity contribution in [2.24, 2.45) is 0 Å². The molecule has 134 valence electrons. The van der Waals surface area contributed by atoms with Gasteiger partial charge in [-0.15, -0.1) is 0 Å². The van der Waals surface area contributed by atoms with Gasteiger partial charge in [0.25, 0.3) is 0 Å². The van der Waals surface area contributed by atoms with Crippen LogP contribution in [-0.2, 0) is 17.9 Å². The topological polar surface area (TPSA) is 55.5 Å². The summed E-state index contributed by atoms with van der Waals surface area (Å²) in [6.07, 6.45) is 2.80. The molecule has 1 saturated heterocycles. The first-order valence-electron chi connectivity index (χ1n) is 8.91. The molecule has 0 spiro atoms. The molecular weight excluding hydrogens is 314 g/mol. The van der Waals surface area contributed by atoms with E-state index in [0.717, 1.165) is 51.4 Å². The van der Waals surface area contributed by atoms with Crippen molar-refractivity contribution in [2.75, 3.05) is 39.8 Å². The molecule has 3 rings (SSSR count). The lowest BCUT2D eigenvalue weighted by Crippen LogP contribution is -2.40. The van der Waals surface area contributed by atoms with Crippen LogP contribution in [0, 0.1) is 0 Å². The van der Waals surface area contributed by atoms with E-state index in [1.807, 2.05) is 36.2 Å². The third kappa shape index (κ3) is 5.41. The van der Waals surface area contributed by atoms with Gasteiger partial charge in [0.05, 0.1) is 6.54 Å². The molecule has 1 amide bonds. The summed E-state index contributed by atoms with van der Waals surface area (Å²) in [6, 6.07) is 12.3. The lowest BCUT2D eigenvalue weighted by Gasteiger charge is -2.24. The number of hydrogen-bond donors (Lipinski definition) is 1. The lowest BCUT2D eigenvalue weighted by atomic mass is 10.2. The van der Waals surface area contributed by atoms with Crippen LogP contribution in [0.15, 0.2) is 42.6 Å². The quantitative estimate of drug-likeness (QED) is 0.867. The Balaban J connectivity index is 1.45. The fourth-order valence-corrected chi connectivity index (χ4v) is 3.27. The van der Waals surface area contributed by atoms with E-state index in [2.05, 4.69) is 32.1 Å². The average Bonchev–Trinajstić information content (AvgIpc) is 2.99. The van der Waals surface area contributed by atoms with Gasteiger partial charge in [-0.3, -0.25) is 19.7 Å². The molecule has 0 saturated carbocycles. The summed E-state index contributed by atoms with van der Waals surface area (Å²) in [5.41, 5.74) is 2.36. The lowest BCUT2D eigenvalue weighted by molar-refractivity contribution is -0.132. The number of carbonyl (C=O) groups excluding carboxylic acids is 1. The monoisotopic (exact) mass is 341 g/mol. The molecular formula is C19H27N5O. The Hall–Kier alpha value is -2.18. The predicted octanol–water partition coefficient (Wildman–Crippen LogP) is 1.58. The van der Waals surface area contributed by atoms with Crippen molar-refractivity contribution in [3.8, 4) is 0 Å². The number of nitrogens with zero attached hydrogens (tertiary/aromatic N) is 4. The molecule has 2 heterocycles. The van der Waals surface area contributed by atoms with Crippen LogP contribution >= 0.6 is 0 Å². The minimum atomic E-state index is 0.224. The maximum absolute atomic E-state index is 12.6. The van der Waals surface area contributed by atoms with Crippen molar-refractivity contribution in [3.63, 3.8) is 0 Å². The third-order valence-electron chi connectivity index (χ3n) is 4.59. The Morgan fingerprint density at radius 1 is 1.16 bits per heavy atom. The number of carbonyl (C=O) groups is 1. The summed E-state index contributed by atoms with van der Waals surface area (Å²) in [5, 5.41) is 7.01. The minimum Gasteiger partial charge on any atom is -0.340 e. The van der Waals surface area contributed by atoms with Crippen molar-refractivity contribution < 1.29 is 4.79 Å². The Morgan fingerprint density at radius 3 is 2.76 bits per heavy atom. The smallest absolute Gasteiger partial charge is 0.236 e. The Labute approximate surface area is 149 Å². The Kier molecular flexibility index (Phi) is 6.19. The number of nitrogens with one attached hydrogen (secondary N) is 1. The molecule has 1 aliphatic rings. The van der Waals surface area contributed by atoms with Crippen LogP contribution in [0.5, 0.6) is 0 Å². The first-order valence-corrected chi connectivity index (χ1v) is 8.91. The third-order valence-corrected chi connectivity index (χ3v) is 4.59. The molecule has 1 aromatic heterocycles. The van der Waals surface area contributed by atoms with Crippen LogP contribution in [0.25, 0.3) is 0 Å². The maximum atomic E-state index is 12.6. The molecule has 25 heavy (non-hydrogen) atoms. The summed E-state index contributed by atoms with van der Waals surface area (Å²) in [4.78, 5) is 19.1. The number of aromatic amines is 1. The summed E-state index contributed by atoms with van der Waals surface area (Å²) in [5.74, 6) is 0.224. The van der Waals surface area contributed by atoms with Crippen LogP contribution in [0.4, 0.5) is 0 Å². The van der Waals surface area contributed by atoms with Gasteiger partial charge in [-0.25, -0.2) is 0 Å². The normalized spacial score (nSPS) is 16.2. The molecule has 1 N–H and O–H groups in total. The van der Waals surface area contributed by atoms with E-state index in [-0.39, 0.29) is 5.91 Å². The summed E-state index contributed by atoms with van der Waals surface area (Å²) < 4.78 is 0. The van der Waals surface area contributed by atoms with Crippen LogP contribution in [0.2, 0.25) is 0 Å². The highest BCUT2D eigenvalue weighted by Crippen LogP contribution is 2.09. The fraction of sp³-hybridized carbons (Fsp3) is 0.474. The fourth-order valence-electron chi connectivity index (χ4n) is 3.27. The van der Waals surface area contributed by atoms with Gasteiger partial charge in [-0.2, -0.15) is 5.10 Å². The molecule has 0 atom stereocenters. The van der Waals surface area contributed by atoms with Gasteiger partial charge in [-0.1, -0.05) is 30.3 Å². The van der Waals surface area contributed by atoms with E-state index >= 15 is 0 Å². The summed E-state index contributed by atoms with van der Waals surface area (Å²) in [7, 11) is 2.01. The number of aromatic nitrogens is 2. The highest BCUT2D eigenvalue weighted by atomic mass is 16.2. The standard InChI is InChI=1S/C19H27N5O/c1-22(14-17-6-3-2-4-7-17)16-19(25)24-11-5-10-23(12-13-24)15-18-8-9-20-21-18/h2-4,6-9H,5,10-16H2,1H3,(H,20,21). The van der Waals surface area contributed by atoms with Crippen LogP contribution < -0.4 is 0 Å². The Bertz CT molecular complexity index is 643. The van der Waals surface area contributed by atoms with Crippen LogP contribution in [0.3, 0.4) is 0 Å². The predicted molar refractivity (Wildman–Crippen MR) is 97.8 cm³/mol. The second kappa shape index (κ2) is 8.78. The molecule has 0 unspecified atom stereocenters. The number of likely N-dealkylation sites (N-methyl/N-ethyl adjacent to an activating group) is 1. The van der Waals surface area contributed by atoms with Crippen molar-refractivity contribution in [3.05, 3.63) is 53.9 Å². The van der Waals surface area contributed by atoms with Crippen LogP contribution in [0.1, 0.15) is 17.7 Å². The van der Waals surface area contributed by atoms with Gasteiger partial charge in [0.2, 0.25) is 5.91 Å². The van der Waals surface area contributed by atoms with E-state index in [9.17, 15) is 4.79 Å². The van der Waals surface area contributed by atoms with Gasteiger partial charge in [0, 0.05) is 51.2 Å². The van der Waals surface area contributed by atoms with Gasteiger partial charge in [0.1, 0.15) is 0 Å². The second-order valence-electron chi connectivity index (χ2n) is 6.75. The van der Waals surface area contributed by atoms with Crippen molar-refractivity contribution in [1.29, 1.82) is 0 Å². The number of H-pyrrole nitrogens is 1. The van der Waals surface area contributed by atoms with Gasteiger partial charge >= 0.3 is 0 Å². The van der Waals surface area contributed by atoms with E-state index in [4.69, 9.17) is 0 Å². The summed E-state index contributed by atoms with van der Waals surface area (Å²) >= 11 is 0. The zero-order chi connectivity index (χ0) is 17.5. The van der Waals surface area contributed by atoms with Crippen molar-refractivity contribution >= 4 is 5.91 Å². The van der Waals surface area contributed by atoms with Crippen molar-refractivity contribution in [2.45, 2.75) is 19.5 Å². The average molecular weight is 341 g/mol. The van der Waals surface area contributed by atoms with Crippen molar-refractivity contribution in [1.82, 2.24) is 24.9 Å². The maximum Gasteiger partial charge on any atom is 0.236 e. The van der Waals surface area contributed by atoms with E-state index < -0.39 is 0 Å². The molecule has 6 heteroatoms. The highest BCUT2D eigenvalue weighted by Gasteiger charge is 2.20. The molecule has 1 fully saturated rings. The van der Waals surface area contributed by atoms with E-state index in [1.54, 1.807) is 6.20 Å². The van der Waals surface area contributed by atoms with Gasteiger partial charge in [-0.05, 0) is 25.1 Å². The first kappa shape index (κ1) is 17.6. The second-order valence-corrected chi connectivity index (χ2v) is 6.75. The SMILES string of the molecule is CN(CC(=O)N1CCCN(Cc2ccn[nH]2)CC1)Cc1ccccc1. The molecule has 1 aliphatic heterocycles. The summed E-state index contributed by atoms with van der Waals surface area (Å²) in [6.45, 7) is 5.71. The molecule has 0 aliphatic carbocycles. The number of rotatable bonds is 6. The molecule has 2 aromatic rings. The van der Waals surface area contributed by atoms with Crippen LogP contribution in [-0.4, -0.2) is 70.6 Å². The molecule has 6 nitrogen and oxygen atoms in total. The zero-order valence-corrected chi connectivity index (χ0v) is 14.9. The zero-order valence-electron chi connectivity index (χ0n) is 14.9. The largest absolute Gasteiger partial charge is 0.340 e. The van der Waals surface area contributed by atoms with Gasteiger partial charge < -0.3 is 4.90 Å². The highest BCUT2D eigenvalue weighted by molar-refractivity contribution is 5.78. The number of benzene rings is 1. The van der Waals surface area contributed by atoms with E-state index in [1.165, 1.54) is 5.56 Å². The van der Waals surface area contributed by atoms with Gasteiger partial charge in [0.15, 0.2) is 0 Å². The minimum absolute atomic E-state index is 0.224. The first-order chi connectivity index (χ1) is 12.2. The molecule has 0 radical (unpaired) electrons. The molecule has 1 aromatic carbocycles. The van der Waals surface area contributed by atoms with E-state index in [0.29, 0.717) is 6.54 Å². The number of hydrogen-bond acceptors (Lipinski definition) is 4.